The number of hydrogen-bond acceptors (Lipinski definition) is 4. The van der Waals surface area contributed by atoms with E-state index in [-0.39, 0.29) is 17.6 Å². The first-order valence-electron chi connectivity index (χ1n) is 5.58. The highest BCUT2D eigenvalue weighted by Crippen LogP contribution is 2.42. The monoisotopic (exact) mass is 221 g/mol. The lowest BCUT2D eigenvalue weighted by Gasteiger charge is -2.49. The minimum Gasteiger partial charge on any atom is -0.396 e. The number of rotatable bonds is 2. The number of aryl methyl sites for hydroxylation is 1. The van der Waals surface area contributed by atoms with Crippen LogP contribution in [0, 0.1) is 12.3 Å². The Bertz CT molecular complexity index is 403. The zero-order chi connectivity index (χ0) is 11.9. The number of nitrogens with zero attached hydrogens (tertiary/aromatic N) is 1. The summed E-state index contributed by atoms with van der Waals surface area (Å²) in [7, 11) is 0. The van der Waals surface area contributed by atoms with Crippen molar-refractivity contribution in [1.29, 1.82) is 0 Å². The van der Waals surface area contributed by atoms with E-state index in [1.54, 1.807) is 6.20 Å². The average molecular weight is 221 g/mol. The fourth-order valence-electron chi connectivity index (χ4n) is 2.02. The SMILES string of the molecule is Cc1cnc(NC2CC(O)C2(C)C)c(N)c1. The Kier molecular flexibility index (Phi) is 2.54. The van der Waals surface area contributed by atoms with E-state index in [9.17, 15) is 5.11 Å². The zero-order valence-corrected chi connectivity index (χ0v) is 9.99. The minimum atomic E-state index is -0.239. The summed E-state index contributed by atoms with van der Waals surface area (Å²) in [6, 6.07) is 2.14. The number of aliphatic hydroxyl groups is 1. The molecule has 0 amide bonds. The van der Waals surface area contributed by atoms with Gasteiger partial charge in [0.2, 0.25) is 0 Å². The second kappa shape index (κ2) is 3.63. The van der Waals surface area contributed by atoms with Gasteiger partial charge in [-0.2, -0.15) is 0 Å². The standard InChI is InChI=1S/C12H19N3O/c1-7-4-8(13)11(14-6-7)15-9-5-10(16)12(9,2)3/h4,6,9-10,16H,5,13H2,1-3H3,(H,14,15). The second-order valence-electron chi connectivity index (χ2n) is 5.22. The van der Waals surface area contributed by atoms with Gasteiger partial charge in [-0.05, 0) is 25.0 Å². The smallest absolute Gasteiger partial charge is 0.149 e. The number of nitrogens with two attached hydrogens (primary N) is 1. The molecule has 1 saturated carbocycles. The van der Waals surface area contributed by atoms with Crippen LogP contribution in [-0.4, -0.2) is 22.2 Å². The third kappa shape index (κ3) is 1.73. The van der Waals surface area contributed by atoms with Gasteiger partial charge in [0.05, 0.1) is 11.8 Å². The summed E-state index contributed by atoms with van der Waals surface area (Å²) in [4.78, 5) is 4.27. The van der Waals surface area contributed by atoms with Gasteiger partial charge in [0, 0.05) is 17.7 Å². The Hall–Kier alpha value is -1.29. The molecule has 2 rings (SSSR count). The van der Waals surface area contributed by atoms with Gasteiger partial charge in [-0.25, -0.2) is 4.98 Å². The lowest BCUT2D eigenvalue weighted by Crippen LogP contribution is -2.57. The summed E-state index contributed by atoms with van der Waals surface area (Å²) in [5.41, 5.74) is 7.49. The first-order chi connectivity index (χ1) is 7.41. The molecule has 4 N–H and O–H groups in total. The maximum absolute atomic E-state index is 9.65. The quantitative estimate of drug-likeness (QED) is 0.708. The molecule has 0 bridgehead atoms. The number of hydrogen-bond donors (Lipinski definition) is 3. The van der Waals surface area contributed by atoms with Crippen molar-refractivity contribution < 1.29 is 5.11 Å². The molecule has 1 aromatic rings. The van der Waals surface area contributed by atoms with E-state index in [1.165, 1.54) is 0 Å². The van der Waals surface area contributed by atoms with Crippen LogP contribution in [0.2, 0.25) is 0 Å². The number of nitrogen functional groups attached to an aromatic ring is 1. The summed E-state index contributed by atoms with van der Waals surface area (Å²) in [6.45, 7) is 6.05. The molecule has 0 radical (unpaired) electrons. The second-order valence-corrected chi connectivity index (χ2v) is 5.22. The number of nitrogens with one attached hydrogen (secondary N) is 1. The molecular formula is C12H19N3O. The van der Waals surface area contributed by atoms with E-state index in [0.717, 1.165) is 17.8 Å². The molecule has 1 heterocycles. The lowest BCUT2D eigenvalue weighted by molar-refractivity contribution is -0.0511. The van der Waals surface area contributed by atoms with Gasteiger partial charge in [-0.3, -0.25) is 0 Å². The van der Waals surface area contributed by atoms with Gasteiger partial charge in [0.1, 0.15) is 5.82 Å². The first kappa shape index (κ1) is 11.2. The molecule has 88 valence electrons. The van der Waals surface area contributed by atoms with Crippen molar-refractivity contribution in [1.82, 2.24) is 4.98 Å². The van der Waals surface area contributed by atoms with Crippen LogP contribution in [0.5, 0.6) is 0 Å². The minimum absolute atomic E-state index is 0.112. The van der Waals surface area contributed by atoms with Crippen LogP contribution >= 0.6 is 0 Å². The molecule has 0 aliphatic heterocycles. The third-order valence-electron chi connectivity index (χ3n) is 3.58. The van der Waals surface area contributed by atoms with Crippen molar-refractivity contribution in [3.8, 4) is 0 Å². The number of aliphatic hydroxyl groups excluding tert-OH is 1. The number of anilines is 2. The molecule has 16 heavy (non-hydrogen) atoms. The maximum atomic E-state index is 9.65. The predicted molar refractivity (Wildman–Crippen MR) is 65.2 cm³/mol. The van der Waals surface area contributed by atoms with Crippen molar-refractivity contribution in [3.05, 3.63) is 17.8 Å². The van der Waals surface area contributed by atoms with E-state index >= 15 is 0 Å². The van der Waals surface area contributed by atoms with E-state index < -0.39 is 0 Å². The zero-order valence-electron chi connectivity index (χ0n) is 9.99. The van der Waals surface area contributed by atoms with Crippen LogP contribution in [0.1, 0.15) is 25.8 Å². The van der Waals surface area contributed by atoms with Crippen molar-refractivity contribution in [3.63, 3.8) is 0 Å². The Balaban J connectivity index is 2.11. The molecule has 0 aromatic carbocycles. The van der Waals surface area contributed by atoms with Crippen molar-refractivity contribution in [2.24, 2.45) is 5.41 Å². The fourth-order valence-corrected chi connectivity index (χ4v) is 2.02. The Labute approximate surface area is 95.9 Å². The molecule has 4 nitrogen and oxygen atoms in total. The highest BCUT2D eigenvalue weighted by atomic mass is 16.3. The summed E-state index contributed by atoms with van der Waals surface area (Å²) in [5.74, 6) is 0.718. The summed E-state index contributed by atoms with van der Waals surface area (Å²) in [6.07, 6.45) is 2.31. The molecule has 1 fully saturated rings. The number of aromatic nitrogens is 1. The molecule has 1 aliphatic rings. The van der Waals surface area contributed by atoms with E-state index in [4.69, 9.17) is 5.73 Å². The average Bonchev–Trinajstić information content (AvgIpc) is 2.21. The molecular weight excluding hydrogens is 202 g/mol. The van der Waals surface area contributed by atoms with Gasteiger partial charge < -0.3 is 16.2 Å². The van der Waals surface area contributed by atoms with Crippen LogP contribution < -0.4 is 11.1 Å². The summed E-state index contributed by atoms with van der Waals surface area (Å²) in [5, 5.41) is 12.9. The van der Waals surface area contributed by atoms with Crippen LogP contribution in [0.15, 0.2) is 12.3 Å². The normalized spacial score (nSPS) is 27.2. The largest absolute Gasteiger partial charge is 0.396 e. The van der Waals surface area contributed by atoms with Gasteiger partial charge in [-0.1, -0.05) is 13.8 Å². The summed E-state index contributed by atoms with van der Waals surface area (Å²) >= 11 is 0. The maximum Gasteiger partial charge on any atom is 0.149 e. The van der Waals surface area contributed by atoms with E-state index in [0.29, 0.717) is 5.69 Å². The van der Waals surface area contributed by atoms with Crippen LogP contribution in [-0.2, 0) is 0 Å². The van der Waals surface area contributed by atoms with Gasteiger partial charge >= 0.3 is 0 Å². The Morgan fingerprint density at radius 1 is 1.56 bits per heavy atom. The highest BCUT2D eigenvalue weighted by Gasteiger charge is 2.47. The van der Waals surface area contributed by atoms with Crippen molar-refractivity contribution in [2.45, 2.75) is 39.3 Å². The first-order valence-corrected chi connectivity index (χ1v) is 5.58. The fraction of sp³-hybridized carbons (Fsp3) is 0.583. The van der Waals surface area contributed by atoms with E-state index in [1.807, 2.05) is 26.8 Å². The molecule has 1 aromatic heterocycles. The van der Waals surface area contributed by atoms with Crippen molar-refractivity contribution in [2.75, 3.05) is 11.1 Å². The molecule has 1 aliphatic carbocycles. The van der Waals surface area contributed by atoms with E-state index in [2.05, 4.69) is 10.3 Å². The van der Waals surface area contributed by atoms with Crippen LogP contribution in [0.4, 0.5) is 11.5 Å². The van der Waals surface area contributed by atoms with Crippen LogP contribution in [0.3, 0.4) is 0 Å². The summed E-state index contributed by atoms with van der Waals surface area (Å²) < 4.78 is 0. The number of pyridine rings is 1. The molecule has 2 atom stereocenters. The van der Waals surface area contributed by atoms with Crippen LogP contribution in [0.25, 0.3) is 0 Å². The topological polar surface area (TPSA) is 71.2 Å². The Morgan fingerprint density at radius 3 is 2.75 bits per heavy atom. The van der Waals surface area contributed by atoms with Gasteiger partial charge in [-0.15, -0.1) is 0 Å². The molecule has 0 saturated heterocycles. The lowest BCUT2D eigenvalue weighted by atomic mass is 9.64. The molecule has 0 spiro atoms. The molecule has 4 heteroatoms. The Morgan fingerprint density at radius 2 is 2.25 bits per heavy atom. The predicted octanol–water partition coefficient (Wildman–Crippen LogP) is 1.54. The van der Waals surface area contributed by atoms with Gasteiger partial charge in [0.25, 0.3) is 0 Å². The highest BCUT2D eigenvalue weighted by molar-refractivity contribution is 5.62. The molecule has 2 unspecified atom stereocenters. The third-order valence-corrected chi connectivity index (χ3v) is 3.58. The van der Waals surface area contributed by atoms with Crippen molar-refractivity contribution >= 4 is 11.5 Å². The van der Waals surface area contributed by atoms with Gasteiger partial charge in [0.15, 0.2) is 0 Å².